The number of rotatable bonds is 6. The molecule has 154 valence electrons. The van der Waals surface area contributed by atoms with Crippen LogP contribution in [-0.2, 0) is 16.1 Å². The van der Waals surface area contributed by atoms with Crippen molar-refractivity contribution in [3.05, 3.63) is 77.7 Å². The quantitative estimate of drug-likeness (QED) is 0.369. The van der Waals surface area contributed by atoms with Crippen LogP contribution in [0.15, 0.2) is 65.2 Å². The normalized spacial score (nSPS) is 17.3. The first kappa shape index (κ1) is 20.0. The summed E-state index contributed by atoms with van der Waals surface area (Å²) in [5.74, 6) is 0.487. The number of carbonyl (C=O) groups is 1. The van der Waals surface area contributed by atoms with Gasteiger partial charge in [-0.3, -0.25) is 14.9 Å². The molecule has 2 N–H and O–H groups in total. The number of morpholine rings is 1. The van der Waals surface area contributed by atoms with Gasteiger partial charge >= 0.3 is 0 Å². The van der Waals surface area contributed by atoms with E-state index in [9.17, 15) is 4.79 Å². The number of nitrogens with one attached hydrogen (secondary N) is 1. The Labute approximate surface area is 173 Å². The van der Waals surface area contributed by atoms with Crippen LogP contribution in [-0.4, -0.2) is 45.9 Å². The maximum Gasteiger partial charge on any atom is 0.267 e. The number of hydroxylamine groups is 1. The standard InChI is InChI=1S/C22H22N4O4/c27-20(24-28)11-10-16-6-8-17(9-7-16)14-26-12-13-29-19(15-26)22-23-21(25-30-22)18-4-2-1-3-5-18/h1-11,19,28H,12-15H2,(H,24,27). The molecular formula is C22H22N4O4. The van der Waals surface area contributed by atoms with Crippen LogP contribution in [0.25, 0.3) is 17.5 Å². The second-order valence-corrected chi connectivity index (χ2v) is 6.97. The zero-order valence-electron chi connectivity index (χ0n) is 16.3. The molecular weight excluding hydrogens is 384 g/mol. The third-order valence-corrected chi connectivity index (χ3v) is 4.82. The van der Waals surface area contributed by atoms with E-state index >= 15 is 0 Å². The fourth-order valence-corrected chi connectivity index (χ4v) is 3.27. The van der Waals surface area contributed by atoms with Gasteiger partial charge in [0.05, 0.1) is 6.61 Å². The maximum absolute atomic E-state index is 11.1. The van der Waals surface area contributed by atoms with Crippen molar-refractivity contribution in [3.8, 4) is 11.4 Å². The van der Waals surface area contributed by atoms with E-state index in [0.29, 0.717) is 24.9 Å². The van der Waals surface area contributed by atoms with E-state index in [0.717, 1.165) is 29.8 Å². The van der Waals surface area contributed by atoms with Crippen LogP contribution in [0.4, 0.5) is 0 Å². The largest absolute Gasteiger partial charge is 0.366 e. The smallest absolute Gasteiger partial charge is 0.267 e. The van der Waals surface area contributed by atoms with Crippen LogP contribution in [0.5, 0.6) is 0 Å². The van der Waals surface area contributed by atoms with Gasteiger partial charge in [-0.2, -0.15) is 4.98 Å². The Morgan fingerprint density at radius 3 is 2.77 bits per heavy atom. The van der Waals surface area contributed by atoms with Gasteiger partial charge in [0.25, 0.3) is 11.8 Å². The first-order valence-electron chi connectivity index (χ1n) is 9.65. The minimum absolute atomic E-state index is 0.261. The topological polar surface area (TPSA) is 101 Å². The summed E-state index contributed by atoms with van der Waals surface area (Å²) in [7, 11) is 0. The molecule has 0 bridgehead atoms. The maximum atomic E-state index is 11.1. The third kappa shape index (κ3) is 4.98. The van der Waals surface area contributed by atoms with Gasteiger partial charge in [0, 0.05) is 31.3 Å². The Morgan fingerprint density at radius 2 is 2.00 bits per heavy atom. The Bertz CT molecular complexity index is 1000. The van der Waals surface area contributed by atoms with Crippen molar-refractivity contribution in [3.63, 3.8) is 0 Å². The summed E-state index contributed by atoms with van der Waals surface area (Å²) in [6.07, 6.45) is 2.65. The Hall–Kier alpha value is -3.33. The van der Waals surface area contributed by atoms with Crippen molar-refractivity contribution >= 4 is 12.0 Å². The molecule has 2 aromatic carbocycles. The second kappa shape index (κ2) is 9.45. The number of benzene rings is 2. The highest BCUT2D eigenvalue weighted by Crippen LogP contribution is 2.24. The highest BCUT2D eigenvalue weighted by molar-refractivity contribution is 5.90. The van der Waals surface area contributed by atoms with Crippen LogP contribution in [0, 0.1) is 0 Å². The third-order valence-electron chi connectivity index (χ3n) is 4.82. The summed E-state index contributed by atoms with van der Waals surface area (Å²) >= 11 is 0. The molecule has 0 spiro atoms. The molecule has 1 atom stereocenters. The van der Waals surface area contributed by atoms with E-state index in [1.54, 1.807) is 11.6 Å². The molecule has 1 unspecified atom stereocenters. The number of nitrogens with zero attached hydrogens (tertiary/aromatic N) is 3. The summed E-state index contributed by atoms with van der Waals surface area (Å²) in [6, 6.07) is 17.6. The van der Waals surface area contributed by atoms with Gasteiger partial charge in [-0.1, -0.05) is 59.8 Å². The summed E-state index contributed by atoms with van der Waals surface area (Å²) in [4.78, 5) is 17.9. The van der Waals surface area contributed by atoms with Gasteiger partial charge in [0.15, 0.2) is 0 Å². The Morgan fingerprint density at radius 1 is 1.20 bits per heavy atom. The zero-order chi connectivity index (χ0) is 20.8. The molecule has 2 heterocycles. The average molecular weight is 406 g/mol. The van der Waals surface area contributed by atoms with Gasteiger partial charge in [0.2, 0.25) is 5.82 Å². The van der Waals surface area contributed by atoms with Crippen molar-refractivity contribution in [1.82, 2.24) is 20.5 Å². The van der Waals surface area contributed by atoms with Gasteiger partial charge in [-0.05, 0) is 17.2 Å². The van der Waals surface area contributed by atoms with Crippen LogP contribution in [0.1, 0.15) is 23.1 Å². The van der Waals surface area contributed by atoms with Crippen molar-refractivity contribution in [2.45, 2.75) is 12.6 Å². The molecule has 0 radical (unpaired) electrons. The first-order chi connectivity index (χ1) is 14.7. The molecule has 0 aliphatic carbocycles. The predicted molar refractivity (Wildman–Crippen MR) is 109 cm³/mol. The number of hydrogen-bond donors (Lipinski definition) is 2. The number of ether oxygens (including phenoxy) is 1. The molecule has 1 saturated heterocycles. The predicted octanol–water partition coefficient (Wildman–Crippen LogP) is 2.83. The minimum Gasteiger partial charge on any atom is -0.366 e. The Balaban J connectivity index is 1.37. The fourth-order valence-electron chi connectivity index (χ4n) is 3.27. The molecule has 1 aliphatic rings. The van der Waals surface area contributed by atoms with Crippen molar-refractivity contribution < 1.29 is 19.3 Å². The summed E-state index contributed by atoms with van der Waals surface area (Å²) < 4.78 is 11.3. The molecule has 1 aromatic heterocycles. The number of aromatic nitrogens is 2. The van der Waals surface area contributed by atoms with Gasteiger partial charge in [-0.25, -0.2) is 5.48 Å². The van der Waals surface area contributed by atoms with E-state index in [1.807, 2.05) is 54.6 Å². The van der Waals surface area contributed by atoms with Crippen LogP contribution in [0.2, 0.25) is 0 Å². The molecule has 1 fully saturated rings. The minimum atomic E-state index is -0.560. The lowest BCUT2D eigenvalue weighted by Crippen LogP contribution is -2.37. The van der Waals surface area contributed by atoms with Crippen LogP contribution >= 0.6 is 0 Å². The van der Waals surface area contributed by atoms with E-state index in [1.165, 1.54) is 6.08 Å². The van der Waals surface area contributed by atoms with Crippen molar-refractivity contribution in [2.75, 3.05) is 19.7 Å². The number of carbonyl (C=O) groups excluding carboxylic acids is 1. The molecule has 1 aliphatic heterocycles. The monoisotopic (exact) mass is 406 g/mol. The lowest BCUT2D eigenvalue weighted by molar-refractivity contribution is -0.124. The summed E-state index contributed by atoms with van der Waals surface area (Å²) in [5.41, 5.74) is 4.50. The van der Waals surface area contributed by atoms with Crippen LogP contribution < -0.4 is 5.48 Å². The Kier molecular flexibility index (Phi) is 6.29. The second-order valence-electron chi connectivity index (χ2n) is 6.97. The molecule has 8 heteroatoms. The lowest BCUT2D eigenvalue weighted by Gasteiger charge is -2.31. The summed E-state index contributed by atoms with van der Waals surface area (Å²) in [5, 5.41) is 12.6. The van der Waals surface area contributed by atoms with Gasteiger partial charge < -0.3 is 9.26 Å². The molecule has 4 rings (SSSR count). The van der Waals surface area contributed by atoms with Gasteiger partial charge in [0.1, 0.15) is 6.10 Å². The molecule has 8 nitrogen and oxygen atoms in total. The summed E-state index contributed by atoms with van der Waals surface area (Å²) in [6.45, 7) is 2.83. The highest BCUT2D eigenvalue weighted by atomic mass is 16.5. The number of amides is 1. The van der Waals surface area contributed by atoms with E-state index in [4.69, 9.17) is 14.5 Å². The molecule has 3 aromatic rings. The van der Waals surface area contributed by atoms with E-state index < -0.39 is 5.91 Å². The first-order valence-corrected chi connectivity index (χ1v) is 9.65. The van der Waals surface area contributed by atoms with Crippen molar-refractivity contribution in [1.29, 1.82) is 0 Å². The number of hydrogen-bond acceptors (Lipinski definition) is 7. The van der Waals surface area contributed by atoms with Gasteiger partial charge in [-0.15, -0.1) is 0 Å². The average Bonchev–Trinajstić information content (AvgIpc) is 3.30. The van der Waals surface area contributed by atoms with Crippen molar-refractivity contribution in [2.24, 2.45) is 0 Å². The molecule has 0 saturated carbocycles. The zero-order valence-corrected chi connectivity index (χ0v) is 16.3. The fraction of sp³-hybridized carbons (Fsp3) is 0.227. The highest BCUT2D eigenvalue weighted by Gasteiger charge is 2.27. The lowest BCUT2D eigenvalue weighted by atomic mass is 10.1. The SMILES string of the molecule is O=C(C=Cc1ccc(CN2CCOC(c3nc(-c4ccccc4)no3)C2)cc1)NO. The molecule has 30 heavy (non-hydrogen) atoms. The van der Waals surface area contributed by atoms with Crippen LogP contribution in [0.3, 0.4) is 0 Å². The van der Waals surface area contributed by atoms with E-state index in [2.05, 4.69) is 15.0 Å². The molecule has 1 amide bonds. The van der Waals surface area contributed by atoms with E-state index in [-0.39, 0.29) is 6.10 Å².